The van der Waals surface area contributed by atoms with Crippen LogP contribution in [0.2, 0.25) is 0 Å². The van der Waals surface area contributed by atoms with Gasteiger partial charge in [0, 0.05) is 12.6 Å². The molecule has 1 aliphatic heterocycles. The van der Waals surface area contributed by atoms with Gasteiger partial charge in [-0.2, -0.15) is 0 Å². The standard InChI is InChI=1S/C14H16FNO4/c15-12-4-2-1-3-9(12)7-11-8-10(13(17)18)5-6-16(11)14(19)20/h1-4,10-11H,5-8H2,(H,17,18)(H,19,20). The average molecular weight is 281 g/mol. The molecule has 20 heavy (non-hydrogen) atoms. The summed E-state index contributed by atoms with van der Waals surface area (Å²) in [6, 6.07) is 5.66. The first-order valence-corrected chi connectivity index (χ1v) is 6.45. The van der Waals surface area contributed by atoms with E-state index in [2.05, 4.69) is 0 Å². The number of amides is 1. The van der Waals surface area contributed by atoms with Crippen LogP contribution in [0, 0.1) is 11.7 Å². The van der Waals surface area contributed by atoms with Gasteiger partial charge in [-0.1, -0.05) is 18.2 Å². The van der Waals surface area contributed by atoms with Crippen LogP contribution < -0.4 is 0 Å². The summed E-state index contributed by atoms with van der Waals surface area (Å²) in [5.41, 5.74) is 0.412. The van der Waals surface area contributed by atoms with E-state index in [1.54, 1.807) is 18.2 Å². The highest BCUT2D eigenvalue weighted by Crippen LogP contribution is 2.26. The van der Waals surface area contributed by atoms with E-state index in [0.29, 0.717) is 12.0 Å². The Morgan fingerprint density at radius 3 is 2.60 bits per heavy atom. The van der Waals surface area contributed by atoms with Gasteiger partial charge in [-0.05, 0) is 30.9 Å². The molecule has 1 heterocycles. The van der Waals surface area contributed by atoms with Crippen LogP contribution in [0.1, 0.15) is 18.4 Å². The molecule has 108 valence electrons. The number of piperidine rings is 1. The van der Waals surface area contributed by atoms with Gasteiger partial charge in [0.25, 0.3) is 0 Å². The van der Waals surface area contributed by atoms with Gasteiger partial charge in [-0.15, -0.1) is 0 Å². The molecule has 1 aromatic carbocycles. The maximum atomic E-state index is 13.6. The number of aliphatic carboxylic acids is 1. The number of hydrogen-bond acceptors (Lipinski definition) is 2. The second-order valence-corrected chi connectivity index (χ2v) is 4.98. The Kier molecular flexibility index (Phi) is 4.22. The van der Waals surface area contributed by atoms with Crippen LogP contribution in [0.15, 0.2) is 24.3 Å². The zero-order valence-corrected chi connectivity index (χ0v) is 10.8. The summed E-state index contributed by atoms with van der Waals surface area (Å²) in [7, 11) is 0. The summed E-state index contributed by atoms with van der Waals surface area (Å²) in [6.07, 6.45) is -0.371. The molecule has 0 bridgehead atoms. The second kappa shape index (κ2) is 5.90. The maximum Gasteiger partial charge on any atom is 0.407 e. The van der Waals surface area contributed by atoms with Crippen molar-refractivity contribution in [1.82, 2.24) is 4.90 Å². The molecule has 1 saturated heterocycles. The first-order chi connectivity index (χ1) is 9.49. The van der Waals surface area contributed by atoms with Gasteiger partial charge in [0.2, 0.25) is 0 Å². The minimum atomic E-state index is -1.09. The molecular weight excluding hydrogens is 265 g/mol. The van der Waals surface area contributed by atoms with Crippen molar-refractivity contribution in [2.45, 2.75) is 25.3 Å². The number of benzene rings is 1. The van der Waals surface area contributed by atoms with Crippen molar-refractivity contribution in [1.29, 1.82) is 0 Å². The number of hydrogen-bond donors (Lipinski definition) is 2. The molecule has 2 rings (SSSR count). The van der Waals surface area contributed by atoms with E-state index < -0.39 is 29.8 Å². The van der Waals surface area contributed by atoms with Crippen molar-refractivity contribution in [3.05, 3.63) is 35.6 Å². The van der Waals surface area contributed by atoms with Crippen molar-refractivity contribution in [2.24, 2.45) is 5.92 Å². The zero-order valence-electron chi connectivity index (χ0n) is 10.8. The van der Waals surface area contributed by atoms with Gasteiger partial charge in [-0.3, -0.25) is 4.79 Å². The minimum absolute atomic E-state index is 0.172. The lowest BCUT2D eigenvalue weighted by Crippen LogP contribution is -2.48. The minimum Gasteiger partial charge on any atom is -0.481 e. The van der Waals surface area contributed by atoms with Crippen molar-refractivity contribution in [3.8, 4) is 0 Å². The van der Waals surface area contributed by atoms with Gasteiger partial charge in [0.1, 0.15) is 5.82 Å². The van der Waals surface area contributed by atoms with Crippen LogP contribution in [0.25, 0.3) is 0 Å². The van der Waals surface area contributed by atoms with Crippen molar-refractivity contribution in [2.75, 3.05) is 6.54 Å². The van der Waals surface area contributed by atoms with Gasteiger partial charge >= 0.3 is 12.1 Å². The van der Waals surface area contributed by atoms with Gasteiger partial charge in [-0.25, -0.2) is 9.18 Å². The van der Waals surface area contributed by atoms with Crippen LogP contribution in [0.3, 0.4) is 0 Å². The number of carboxylic acid groups (broad SMARTS) is 2. The molecule has 0 saturated carbocycles. The predicted octanol–water partition coefficient (Wildman–Crippen LogP) is 2.21. The number of carboxylic acids is 1. The normalized spacial score (nSPS) is 22.6. The Balaban J connectivity index is 2.17. The van der Waals surface area contributed by atoms with E-state index in [1.807, 2.05) is 0 Å². The molecule has 6 heteroatoms. The van der Waals surface area contributed by atoms with E-state index in [-0.39, 0.29) is 19.4 Å². The Morgan fingerprint density at radius 2 is 2.00 bits per heavy atom. The number of halogens is 1. The lowest BCUT2D eigenvalue weighted by Gasteiger charge is -2.36. The third-order valence-electron chi connectivity index (χ3n) is 3.72. The van der Waals surface area contributed by atoms with Crippen molar-refractivity contribution < 1.29 is 24.2 Å². The van der Waals surface area contributed by atoms with Crippen LogP contribution >= 0.6 is 0 Å². The molecule has 5 nitrogen and oxygen atoms in total. The molecule has 2 atom stereocenters. The topological polar surface area (TPSA) is 77.8 Å². The smallest absolute Gasteiger partial charge is 0.407 e. The van der Waals surface area contributed by atoms with E-state index in [1.165, 1.54) is 11.0 Å². The maximum absolute atomic E-state index is 13.6. The largest absolute Gasteiger partial charge is 0.481 e. The fourth-order valence-corrected chi connectivity index (χ4v) is 2.64. The molecule has 1 aliphatic rings. The average Bonchev–Trinajstić information content (AvgIpc) is 2.41. The summed E-state index contributed by atoms with van der Waals surface area (Å²) < 4.78 is 13.6. The molecule has 2 N–H and O–H groups in total. The lowest BCUT2D eigenvalue weighted by atomic mass is 9.88. The first-order valence-electron chi connectivity index (χ1n) is 6.45. The van der Waals surface area contributed by atoms with E-state index in [9.17, 15) is 14.0 Å². The fraction of sp³-hybridized carbons (Fsp3) is 0.429. The fourth-order valence-electron chi connectivity index (χ4n) is 2.64. The summed E-state index contributed by atoms with van der Waals surface area (Å²) >= 11 is 0. The van der Waals surface area contributed by atoms with Crippen molar-refractivity contribution in [3.63, 3.8) is 0 Å². The Hall–Kier alpha value is -2.11. The molecule has 1 fully saturated rings. The zero-order chi connectivity index (χ0) is 14.7. The van der Waals surface area contributed by atoms with Gasteiger partial charge in [0.05, 0.1) is 5.92 Å². The number of likely N-dealkylation sites (tertiary alicyclic amines) is 1. The van der Waals surface area contributed by atoms with Crippen LogP contribution in [0.4, 0.5) is 9.18 Å². The van der Waals surface area contributed by atoms with Crippen molar-refractivity contribution >= 4 is 12.1 Å². The van der Waals surface area contributed by atoms with Crippen LogP contribution in [0.5, 0.6) is 0 Å². The SMILES string of the molecule is O=C(O)C1CCN(C(=O)O)C(Cc2ccccc2F)C1. The van der Waals surface area contributed by atoms with Gasteiger partial charge < -0.3 is 15.1 Å². The third-order valence-corrected chi connectivity index (χ3v) is 3.72. The highest BCUT2D eigenvalue weighted by molar-refractivity contribution is 5.71. The number of nitrogens with zero attached hydrogens (tertiary/aromatic N) is 1. The van der Waals surface area contributed by atoms with Crippen LogP contribution in [-0.2, 0) is 11.2 Å². The van der Waals surface area contributed by atoms with Gasteiger partial charge in [0.15, 0.2) is 0 Å². The van der Waals surface area contributed by atoms with E-state index in [0.717, 1.165) is 0 Å². The third kappa shape index (κ3) is 3.07. The summed E-state index contributed by atoms with van der Waals surface area (Å²) in [6.45, 7) is 0.172. The van der Waals surface area contributed by atoms with E-state index in [4.69, 9.17) is 10.2 Å². The quantitative estimate of drug-likeness (QED) is 0.890. The second-order valence-electron chi connectivity index (χ2n) is 4.98. The Morgan fingerprint density at radius 1 is 1.30 bits per heavy atom. The first kappa shape index (κ1) is 14.3. The lowest BCUT2D eigenvalue weighted by molar-refractivity contribution is -0.143. The summed E-state index contributed by atoms with van der Waals surface area (Å²) in [5.74, 6) is -1.88. The molecule has 1 aromatic rings. The number of carbonyl (C=O) groups is 2. The summed E-state index contributed by atoms with van der Waals surface area (Å²) in [5, 5.41) is 18.2. The molecule has 1 amide bonds. The molecule has 0 aromatic heterocycles. The molecular formula is C14H16FNO4. The van der Waals surface area contributed by atoms with E-state index >= 15 is 0 Å². The number of rotatable bonds is 3. The molecule has 2 unspecified atom stereocenters. The predicted molar refractivity (Wildman–Crippen MR) is 69.0 cm³/mol. The van der Waals surface area contributed by atoms with Crippen LogP contribution in [-0.4, -0.2) is 39.8 Å². The molecule has 0 spiro atoms. The molecule has 0 aliphatic carbocycles. The molecule has 0 radical (unpaired) electrons. The summed E-state index contributed by atoms with van der Waals surface area (Å²) in [4.78, 5) is 23.5. The monoisotopic (exact) mass is 281 g/mol. The highest BCUT2D eigenvalue weighted by atomic mass is 19.1. The Labute approximate surface area is 115 Å². The highest BCUT2D eigenvalue weighted by Gasteiger charge is 2.35. The Bertz CT molecular complexity index is 520.